The normalized spacial score (nSPS) is 29.1. The fraction of sp³-hybridized carbons (Fsp3) is 0.750. The van der Waals surface area contributed by atoms with Crippen LogP contribution in [0.3, 0.4) is 0 Å². The van der Waals surface area contributed by atoms with Crippen molar-refractivity contribution >= 4 is 12.2 Å². The minimum Gasteiger partial charge on any atom is -0.367 e. The Morgan fingerprint density at radius 3 is 3.10 bits per heavy atom. The third-order valence-electron chi connectivity index (χ3n) is 4.77. The Morgan fingerprint density at radius 2 is 2.33 bits per heavy atom. The minimum absolute atomic E-state index is 0.264. The second-order valence-corrected chi connectivity index (χ2v) is 6.79. The van der Waals surface area contributed by atoms with Gasteiger partial charge in [-0.2, -0.15) is 0 Å². The highest BCUT2D eigenvalue weighted by Gasteiger charge is 2.40. The van der Waals surface area contributed by atoms with E-state index < -0.39 is 0 Å². The molecule has 0 bridgehead atoms. The molecule has 2 aliphatic rings. The van der Waals surface area contributed by atoms with Gasteiger partial charge in [0, 0.05) is 37.4 Å². The molecule has 1 aromatic rings. The number of nitrogens with zero attached hydrogens (tertiary/aromatic N) is 1. The van der Waals surface area contributed by atoms with Gasteiger partial charge in [0.2, 0.25) is 0 Å². The van der Waals surface area contributed by atoms with Crippen LogP contribution in [0.2, 0.25) is 0 Å². The van der Waals surface area contributed by atoms with Gasteiger partial charge in [-0.25, -0.2) is 4.98 Å². The Hall–Kier alpha value is -0.780. The summed E-state index contributed by atoms with van der Waals surface area (Å²) in [4.78, 5) is 8.31. The van der Waals surface area contributed by atoms with Crippen molar-refractivity contribution in [2.75, 3.05) is 13.2 Å². The van der Waals surface area contributed by atoms with E-state index in [0.29, 0.717) is 12.5 Å². The third-order valence-corrected chi connectivity index (χ3v) is 5.10. The highest BCUT2D eigenvalue weighted by atomic mass is 32.1. The van der Waals surface area contributed by atoms with Crippen LogP contribution in [-0.2, 0) is 23.3 Å². The minimum atomic E-state index is -0.264. The van der Waals surface area contributed by atoms with Gasteiger partial charge in [-0.15, -0.1) is 0 Å². The van der Waals surface area contributed by atoms with Crippen LogP contribution < -0.4 is 5.32 Å². The van der Waals surface area contributed by atoms with Gasteiger partial charge in [-0.05, 0) is 32.1 Å². The molecule has 2 atom stereocenters. The first-order valence-corrected chi connectivity index (χ1v) is 8.52. The Morgan fingerprint density at radius 1 is 1.48 bits per heavy atom. The highest BCUT2D eigenvalue weighted by Crippen LogP contribution is 2.41. The Balaban J connectivity index is 2.03. The van der Waals surface area contributed by atoms with Gasteiger partial charge in [0.05, 0.1) is 0 Å². The van der Waals surface area contributed by atoms with Gasteiger partial charge in [-0.1, -0.05) is 25.6 Å². The molecule has 21 heavy (non-hydrogen) atoms. The summed E-state index contributed by atoms with van der Waals surface area (Å²) in [6.07, 6.45) is 5.55. The maximum atomic E-state index is 6.22. The molecule has 0 amide bonds. The molecular formula is C16H25N3OS. The molecule has 0 saturated heterocycles. The van der Waals surface area contributed by atoms with E-state index in [2.05, 4.69) is 24.1 Å². The number of hydrogen-bond donors (Lipinski definition) is 2. The van der Waals surface area contributed by atoms with Gasteiger partial charge in [0.25, 0.3) is 0 Å². The van der Waals surface area contributed by atoms with Crippen molar-refractivity contribution in [2.45, 2.75) is 58.1 Å². The SMILES string of the molecule is CCOC1(c2nc(=S)c3c([nH]2)CCNC3)CCCC(C)C1. The number of aromatic nitrogens is 2. The smallest absolute Gasteiger partial charge is 0.140 e. The lowest BCUT2D eigenvalue weighted by molar-refractivity contribution is -0.0883. The van der Waals surface area contributed by atoms with Crippen LogP contribution in [-0.4, -0.2) is 23.1 Å². The predicted molar refractivity (Wildman–Crippen MR) is 85.8 cm³/mol. The summed E-state index contributed by atoms with van der Waals surface area (Å²) >= 11 is 5.53. The molecule has 1 aromatic heterocycles. The number of rotatable bonds is 3. The van der Waals surface area contributed by atoms with Crippen LogP contribution in [0, 0.1) is 10.6 Å². The maximum absolute atomic E-state index is 6.22. The largest absolute Gasteiger partial charge is 0.367 e. The first kappa shape index (κ1) is 15.1. The molecule has 2 N–H and O–H groups in total. The summed E-state index contributed by atoms with van der Waals surface area (Å²) in [5.41, 5.74) is 2.15. The standard InChI is InChI=1S/C16H25N3OS/c1-3-20-16(7-4-5-11(2)9-16)15-18-13-6-8-17-10-12(13)14(21)19-15/h11,17H,3-10H2,1-2H3,(H,18,19,21). The molecule has 3 rings (SSSR count). The van der Waals surface area contributed by atoms with Gasteiger partial charge in [-0.3, -0.25) is 0 Å². The van der Waals surface area contributed by atoms with E-state index in [-0.39, 0.29) is 5.60 Å². The molecule has 0 spiro atoms. The Kier molecular flexibility index (Phi) is 4.43. The van der Waals surface area contributed by atoms with Crippen molar-refractivity contribution in [1.29, 1.82) is 0 Å². The molecule has 2 heterocycles. The quantitative estimate of drug-likeness (QED) is 0.842. The fourth-order valence-electron chi connectivity index (χ4n) is 3.78. The molecule has 0 aromatic carbocycles. The molecule has 5 heteroatoms. The first-order chi connectivity index (χ1) is 10.1. The van der Waals surface area contributed by atoms with Crippen LogP contribution in [0.5, 0.6) is 0 Å². The van der Waals surface area contributed by atoms with Crippen LogP contribution in [0.25, 0.3) is 0 Å². The summed E-state index contributed by atoms with van der Waals surface area (Å²) < 4.78 is 6.96. The molecule has 1 aliphatic carbocycles. The molecule has 2 unspecified atom stereocenters. The van der Waals surface area contributed by atoms with E-state index in [1.54, 1.807) is 0 Å². The summed E-state index contributed by atoms with van der Waals surface area (Å²) in [5.74, 6) is 1.63. The van der Waals surface area contributed by atoms with Crippen LogP contribution >= 0.6 is 12.2 Å². The zero-order chi connectivity index (χ0) is 14.9. The fourth-order valence-corrected chi connectivity index (χ4v) is 4.06. The lowest BCUT2D eigenvalue weighted by Gasteiger charge is -2.39. The number of hydrogen-bond acceptors (Lipinski definition) is 4. The molecular weight excluding hydrogens is 282 g/mol. The number of H-pyrrole nitrogens is 1. The summed E-state index contributed by atoms with van der Waals surface area (Å²) in [6, 6.07) is 0. The Labute approximate surface area is 131 Å². The van der Waals surface area contributed by atoms with Crippen molar-refractivity contribution in [3.8, 4) is 0 Å². The van der Waals surface area contributed by atoms with Crippen LogP contribution in [0.4, 0.5) is 0 Å². The van der Waals surface area contributed by atoms with E-state index in [4.69, 9.17) is 21.9 Å². The van der Waals surface area contributed by atoms with E-state index >= 15 is 0 Å². The van der Waals surface area contributed by atoms with Crippen molar-refractivity contribution in [1.82, 2.24) is 15.3 Å². The monoisotopic (exact) mass is 307 g/mol. The van der Waals surface area contributed by atoms with Crippen molar-refractivity contribution in [3.63, 3.8) is 0 Å². The summed E-state index contributed by atoms with van der Waals surface area (Å²) in [5, 5.41) is 3.36. The van der Waals surface area contributed by atoms with Crippen molar-refractivity contribution < 1.29 is 4.74 Å². The van der Waals surface area contributed by atoms with E-state index in [1.807, 2.05) is 0 Å². The highest BCUT2D eigenvalue weighted by molar-refractivity contribution is 7.71. The molecule has 4 nitrogen and oxygen atoms in total. The first-order valence-electron chi connectivity index (χ1n) is 8.12. The van der Waals surface area contributed by atoms with Gasteiger partial charge in [0.15, 0.2) is 0 Å². The molecule has 0 radical (unpaired) electrons. The average molecular weight is 307 g/mol. The van der Waals surface area contributed by atoms with Crippen molar-refractivity contribution in [2.24, 2.45) is 5.92 Å². The zero-order valence-electron chi connectivity index (χ0n) is 13.0. The maximum Gasteiger partial charge on any atom is 0.140 e. The summed E-state index contributed by atoms with van der Waals surface area (Å²) in [6.45, 7) is 6.92. The topological polar surface area (TPSA) is 49.9 Å². The zero-order valence-corrected chi connectivity index (χ0v) is 13.8. The van der Waals surface area contributed by atoms with Gasteiger partial charge < -0.3 is 15.0 Å². The molecule has 1 aliphatic heterocycles. The Bertz CT molecular complexity index is 567. The van der Waals surface area contributed by atoms with Crippen LogP contribution in [0.1, 0.15) is 56.6 Å². The van der Waals surface area contributed by atoms with Crippen molar-refractivity contribution in [3.05, 3.63) is 21.7 Å². The number of nitrogens with one attached hydrogen (secondary N) is 2. The van der Waals surface area contributed by atoms with E-state index in [1.165, 1.54) is 18.5 Å². The summed E-state index contributed by atoms with van der Waals surface area (Å²) in [7, 11) is 0. The molecule has 116 valence electrons. The second kappa shape index (κ2) is 6.15. The number of aromatic amines is 1. The van der Waals surface area contributed by atoms with E-state index in [0.717, 1.165) is 48.4 Å². The number of ether oxygens (including phenoxy) is 1. The molecule has 1 fully saturated rings. The van der Waals surface area contributed by atoms with Gasteiger partial charge in [0.1, 0.15) is 16.1 Å². The third kappa shape index (κ3) is 2.91. The average Bonchev–Trinajstić information content (AvgIpc) is 2.47. The van der Waals surface area contributed by atoms with Crippen LogP contribution in [0.15, 0.2) is 0 Å². The lowest BCUT2D eigenvalue weighted by atomic mass is 9.78. The van der Waals surface area contributed by atoms with Gasteiger partial charge >= 0.3 is 0 Å². The lowest BCUT2D eigenvalue weighted by Crippen LogP contribution is -2.38. The molecule has 1 saturated carbocycles. The van der Waals surface area contributed by atoms with E-state index in [9.17, 15) is 0 Å². The number of fused-ring (bicyclic) bond motifs is 1. The predicted octanol–water partition coefficient (Wildman–Crippen LogP) is 3.23. The second-order valence-electron chi connectivity index (χ2n) is 6.40.